The Morgan fingerprint density at radius 3 is 2.75 bits per heavy atom. The van der Waals surface area contributed by atoms with Crippen LogP contribution < -0.4 is 5.32 Å². The molecular weight excluding hydrogens is 324 g/mol. The Kier molecular flexibility index (Phi) is 3.86. The second-order valence-corrected chi connectivity index (χ2v) is 6.68. The Morgan fingerprint density at radius 2 is 1.96 bits per heavy atom. The topological polar surface area (TPSA) is 58.9 Å². The number of nitrogens with zero attached hydrogens (tertiary/aromatic N) is 5. The van der Waals surface area contributed by atoms with Crippen LogP contribution in [0.4, 0.5) is 5.82 Å². The molecule has 2 aromatic heterocycles. The van der Waals surface area contributed by atoms with E-state index in [0.717, 1.165) is 34.8 Å². The zero-order valence-corrected chi connectivity index (χ0v) is 14.4. The Morgan fingerprint density at radius 1 is 1.17 bits per heavy atom. The third-order valence-corrected chi connectivity index (χ3v) is 4.96. The van der Waals surface area contributed by atoms with E-state index in [4.69, 9.17) is 11.6 Å². The highest BCUT2D eigenvalue weighted by Gasteiger charge is 2.33. The van der Waals surface area contributed by atoms with Crippen LogP contribution in [0.5, 0.6) is 0 Å². The minimum Gasteiger partial charge on any atom is -0.365 e. The minimum absolute atomic E-state index is 0.273. The summed E-state index contributed by atoms with van der Waals surface area (Å²) in [4.78, 5) is 11.1. The lowest BCUT2D eigenvalue weighted by molar-refractivity contribution is 0.309. The van der Waals surface area contributed by atoms with Crippen LogP contribution in [-0.2, 0) is 7.05 Å². The molecule has 7 heteroatoms. The molecule has 6 nitrogen and oxygen atoms in total. The van der Waals surface area contributed by atoms with Gasteiger partial charge in [-0.25, -0.2) is 9.97 Å². The van der Waals surface area contributed by atoms with Crippen LogP contribution in [0, 0.1) is 0 Å². The fraction of sp³-hybridized carbons (Fsp3) is 0.353. The summed E-state index contributed by atoms with van der Waals surface area (Å²) >= 11 is 6.03. The van der Waals surface area contributed by atoms with Gasteiger partial charge in [0, 0.05) is 24.7 Å². The van der Waals surface area contributed by atoms with Gasteiger partial charge in [-0.2, -0.15) is 5.10 Å². The molecule has 1 aliphatic rings. The SMILES string of the molecule is CN1CC[C@@H](Nc2ncnc3c2cnn3C)[C@H]1c1ccc(Cl)cc1. The molecule has 3 aromatic rings. The van der Waals surface area contributed by atoms with E-state index >= 15 is 0 Å². The molecule has 0 unspecified atom stereocenters. The molecule has 0 aliphatic carbocycles. The van der Waals surface area contributed by atoms with E-state index in [2.05, 4.69) is 44.5 Å². The molecule has 3 heterocycles. The van der Waals surface area contributed by atoms with Crippen LogP contribution >= 0.6 is 11.6 Å². The van der Waals surface area contributed by atoms with Crippen molar-refractivity contribution in [1.82, 2.24) is 24.6 Å². The lowest BCUT2D eigenvalue weighted by Crippen LogP contribution is -2.29. The zero-order valence-electron chi connectivity index (χ0n) is 13.6. The monoisotopic (exact) mass is 342 g/mol. The highest BCUT2D eigenvalue weighted by atomic mass is 35.5. The average Bonchev–Trinajstić information content (AvgIpc) is 3.13. The number of likely N-dealkylation sites (N-methyl/N-ethyl adjacent to an activating group) is 1. The molecule has 0 bridgehead atoms. The standard InChI is InChI=1S/C17H19ClN6/c1-23-8-7-14(15(23)11-3-5-12(18)6-4-11)22-16-13-9-21-24(2)17(13)20-10-19-16/h3-6,9-10,14-15H,7-8H2,1-2H3,(H,19,20,22)/t14-,15-/m1/s1. The van der Waals surface area contributed by atoms with Gasteiger partial charge in [0.1, 0.15) is 12.1 Å². The van der Waals surface area contributed by atoms with E-state index in [1.165, 1.54) is 5.56 Å². The number of halogens is 1. The van der Waals surface area contributed by atoms with Crippen LogP contribution in [0.15, 0.2) is 36.8 Å². The molecule has 1 N–H and O–H groups in total. The lowest BCUT2D eigenvalue weighted by Gasteiger charge is -2.26. The Bertz CT molecular complexity index is 859. The van der Waals surface area contributed by atoms with E-state index in [1.807, 2.05) is 25.4 Å². The van der Waals surface area contributed by atoms with Gasteiger partial charge in [0.05, 0.1) is 17.6 Å². The van der Waals surface area contributed by atoms with Crippen molar-refractivity contribution in [2.45, 2.75) is 18.5 Å². The van der Waals surface area contributed by atoms with E-state index in [-0.39, 0.29) is 12.1 Å². The largest absolute Gasteiger partial charge is 0.365 e. The van der Waals surface area contributed by atoms with Gasteiger partial charge in [0.2, 0.25) is 0 Å². The maximum Gasteiger partial charge on any atom is 0.163 e. The summed E-state index contributed by atoms with van der Waals surface area (Å²) in [5.74, 6) is 0.840. The quantitative estimate of drug-likeness (QED) is 0.793. The van der Waals surface area contributed by atoms with Gasteiger partial charge < -0.3 is 5.32 Å². The number of aryl methyl sites for hydroxylation is 1. The normalized spacial score (nSPS) is 21.5. The van der Waals surface area contributed by atoms with Gasteiger partial charge in [0.15, 0.2) is 5.65 Å². The highest BCUT2D eigenvalue weighted by molar-refractivity contribution is 6.30. The van der Waals surface area contributed by atoms with Crippen molar-refractivity contribution in [3.05, 3.63) is 47.4 Å². The number of rotatable bonds is 3. The van der Waals surface area contributed by atoms with E-state index < -0.39 is 0 Å². The second-order valence-electron chi connectivity index (χ2n) is 6.24. The van der Waals surface area contributed by atoms with Crippen molar-refractivity contribution < 1.29 is 0 Å². The van der Waals surface area contributed by atoms with E-state index in [1.54, 1.807) is 11.0 Å². The number of likely N-dealkylation sites (tertiary alicyclic amines) is 1. The Labute approximate surface area is 145 Å². The number of hydrogen-bond acceptors (Lipinski definition) is 5. The first-order chi connectivity index (χ1) is 11.6. The molecule has 1 saturated heterocycles. The van der Waals surface area contributed by atoms with Crippen LogP contribution in [0.1, 0.15) is 18.0 Å². The predicted molar refractivity (Wildman–Crippen MR) is 95.2 cm³/mol. The summed E-state index contributed by atoms with van der Waals surface area (Å²) in [5, 5.41) is 9.60. The summed E-state index contributed by atoms with van der Waals surface area (Å²) in [6.45, 7) is 1.03. The highest BCUT2D eigenvalue weighted by Crippen LogP contribution is 2.34. The maximum absolute atomic E-state index is 6.03. The molecule has 0 amide bonds. The zero-order chi connectivity index (χ0) is 16.7. The summed E-state index contributed by atoms with van der Waals surface area (Å²) in [5.41, 5.74) is 2.09. The number of hydrogen-bond donors (Lipinski definition) is 1. The first-order valence-corrected chi connectivity index (χ1v) is 8.36. The van der Waals surface area contributed by atoms with Crippen molar-refractivity contribution in [3.8, 4) is 0 Å². The molecule has 2 atom stereocenters. The number of aromatic nitrogens is 4. The van der Waals surface area contributed by atoms with Gasteiger partial charge in [0.25, 0.3) is 0 Å². The molecule has 0 saturated carbocycles. The van der Waals surface area contributed by atoms with E-state index in [9.17, 15) is 0 Å². The van der Waals surface area contributed by atoms with Crippen molar-refractivity contribution in [1.29, 1.82) is 0 Å². The van der Waals surface area contributed by atoms with Gasteiger partial charge >= 0.3 is 0 Å². The first kappa shape index (κ1) is 15.4. The maximum atomic E-state index is 6.03. The second kappa shape index (κ2) is 6.03. The van der Waals surface area contributed by atoms with Gasteiger partial charge in [-0.3, -0.25) is 9.58 Å². The lowest BCUT2D eigenvalue weighted by atomic mass is 10.00. The fourth-order valence-corrected chi connectivity index (χ4v) is 3.62. The van der Waals surface area contributed by atoms with Crippen LogP contribution in [0.2, 0.25) is 5.02 Å². The number of fused-ring (bicyclic) bond motifs is 1. The Balaban J connectivity index is 1.66. The summed E-state index contributed by atoms with van der Waals surface area (Å²) in [6.07, 6.45) is 4.45. The van der Waals surface area contributed by atoms with Crippen molar-refractivity contribution >= 4 is 28.5 Å². The fourth-order valence-electron chi connectivity index (χ4n) is 3.50. The first-order valence-electron chi connectivity index (χ1n) is 7.98. The molecule has 24 heavy (non-hydrogen) atoms. The summed E-state index contributed by atoms with van der Waals surface area (Å²) in [7, 11) is 4.04. The minimum atomic E-state index is 0.273. The molecule has 1 aromatic carbocycles. The number of nitrogens with one attached hydrogen (secondary N) is 1. The molecule has 1 fully saturated rings. The predicted octanol–water partition coefficient (Wildman–Crippen LogP) is 2.87. The van der Waals surface area contributed by atoms with E-state index in [0.29, 0.717) is 0 Å². The van der Waals surface area contributed by atoms with Crippen molar-refractivity contribution in [2.24, 2.45) is 7.05 Å². The van der Waals surface area contributed by atoms with Crippen LogP contribution in [-0.4, -0.2) is 44.3 Å². The van der Waals surface area contributed by atoms with Gasteiger partial charge in [-0.15, -0.1) is 0 Å². The van der Waals surface area contributed by atoms with Crippen LogP contribution in [0.25, 0.3) is 11.0 Å². The molecule has 0 radical (unpaired) electrons. The third kappa shape index (κ3) is 2.61. The summed E-state index contributed by atoms with van der Waals surface area (Å²) in [6, 6.07) is 8.65. The molecule has 4 rings (SSSR count). The third-order valence-electron chi connectivity index (χ3n) is 4.71. The van der Waals surface area contributed by atoms with Crippen molar-refractivity contribution in [2.75, 3.05) is 18.9 Å². The summed E-state index contributed by atoms with van der Waals surface area (Å²) < 4.78 is 1.76. The molecule has 1 aliphatic heterocycles. The smallest absolute Gasteiger partial charge is 0.163 e. The Hall–Kier alpha value is -2.18. The molecule has 0 spiro atoms. The van der Waals surface area contributed by atoms with Crippen molar-refractivity contribution in [3.63, 3.8) is 0 Å². The number of anilines is 1. The van der Waals surface area contributed by atoms with Crippen LogP contribution in [0.3, 0.4) is 0 Å². The average molecular weight is 343 g/mol. The molecule has 124 valence electrons. The van der Waals surface area contributed by atoms with Gasteiger partial charge in [-0.1, -0.05) is 23.7 Å². The van der Waals surface area contributed by atoms with Gasteiger partial charge in [-0.05, 0) is 31.2 Å². The number of benzene rings is 1. The molecular formula is C17H19ClN6.